The number of esters is 1. The Hall–Kier alpha value is -4.09. The van der Waals surface area contributed by atoms with Gasteiger partial charge in [-0.2, -0.15) is 5.26 Å². The van der Waals surface area contributed by atoms with E-state index in [-0.39, 0.29) is 23.7 Å². The van der Waals surface area contributed by atoms with Crippen LogP contribution in [0.1, 0.15) is 16.7 Å². The molecule has 3 aromatic rings. The van der Waals surface area contributed by atoms with Crippen molar-refractivity contribution in [3.05, 3.63) is 93.5 Å². The molecule has 35 heavy (non-hydrogen) atoms. The summed E-state index contributed by atoms with van der Waals surface area (Å²) >= 11 is 3.41. The van der Waals surface area contributed by atoms with E-state index in [0.717, 1.165) is 15.6 Å². The summed E-state index contributed by atoms with van der Waals surface area (Å²) in [7, 11) is 1.43. The molecule has 0 aromatic heterocycles. The van der Waals surface area contributed by atoms with Crippen LogP contribution in [0.2, 0.25) is 0 Å². The SMILES string of the molecule is COc1cc(/C=C(\C#N)C(=O)NCc2ccccc2)ccc1OC(=O)COc1ccc(Br)c(C)c1. The van der Waals surface area contributed by atoms with E-state index in [2.05, 4.69) is 21.2 Å². The van der Waals surface area contributed by atoms with Gasteiger partial charge in [0.1, 0.15) is 17.4 Å². The van der Waals surface area contributed by atoms with Gasteiger partial charge in [-0.05, 0) is 60.0 Å². The molecule has 1 N–H and O–H groups in total. The molecule has 0 atom stereocenters. The van der Waals surface area contributed by atoms with Crippen LogP contribution in [0.15, 0.2) is 76.8 Å². The lowest BCUT2D eigenvalue weighted by molar-refractivity contribution is -0.136. The fourth-order valence-electron chi connectivity index (χ4n) is 3.05. The smallest absolute Gasteiger partial charge is 0.349 e. The fraction of sp³-hybridized carbons (Fsp3) is 0.148. The van der Waals surface area contributed by atoms with Crippen LogP contribution in [0.4, 0.5) is 0 Å². The zero-order valence-corrected chi connectivity index (χ0v) is 20.8. The number of rotatable bonds is 9. The minimum Gasteiger partial charge on any atom is -0.493 e. The van der Waals surface area contributed by atoms with E-state index >= 15 is 0 Å². The van der Waals surface area contributed by atoms with Crippen molar-refractivity contribution in [1.82, 2.24) is 5.32 Å². The second-order valence-electron chi connectivity index (χ2n) is 7.42. The van der Waals surface area contributed by atoms with Gasteiger partial charge in [-0.1, -0.05) is 52.3 Å². The number of nitrogens with one attached hydrogen (secondary N) is 1. The average Bonchev–Trinajstić information content (AvgIpc) is 2.87. The van der Waals surface area contributed by atoms with Gasteiger partial charge in [-0.3, -0.25) is 4.79 Å². The molecular weight excluding hydrogens is 512 g/mol. The number of hydrogen-bond acceptors (Lipinski definition) is 6. The predicted molar refractivity (Wildman–Crippen MR) is 135 cm³/mol. The molecule has 0 saturated heterocycles. The summed E-state index contributed by atoms with van der Waals surface area (Å²) in [6.45, 7) is 1.94. The van der Waals surface area contributed by atoms with Crippen LogP contribution in [-0.4, -0.2) is 25.6 Å². The van der Waals surface area contributed by atoms with Gasteiger partial charge in [0.2, 0.25) is 0 Å². The van der Waals surface area contributed by atoms with Gasteiger partial charge in [0.05, 0.1) is 7.11 Å². The number of benzene rings is 3. The Balaban J connectivity index is 1.64. The van der Waals surface area contributed by atoms with Gasteiger partial charge >= 0.3 is 5.97 Å². The highest BCUT2D eigenvalue weighted by Crippen LogP contribution is 2.29. The van der Waals surface area contributed by atoms with E-state index in [4.69, 9.17) is 14.2 Å². The third kappa shape index (κ3) is 7.45. The number of amides is 1. The van der Waals surface area contributed by atoms with Crippen molar-refractivity contribution in [1.29, 1.82) is 5.26 Å². The first-order valence-electron chi connectivity index (χ1n) is 10.6. The van der Waals surface area contributed by atoms with Crippen LogP contribution in [0.5, 0.6) is 17.2 Å². The molecule has 0 unspecified atom stereocenters. The minimum absolute atomic E-state index is 0.0640. The first-order chi connectivity index (χ1) is 16.9. The maximum absolute atomic E-state index is 12.4. The summed E-state index contributed by atoms with van der Waals surface area (Å²) in [6.07, 6.45) is 1.44. The number of aryl methyl sites for hydroxylation is 1. The summed E-state index contributed by atoms with van der Waals surface area (Å²) in [5.41, 5.74) is 2.37. The minimum atomic E-state index is -0.606. The molecule has 3 rings (SSSR count). The van der Waals surface area contributed by atoms with Crippen LogP contribution in [-0.2, 0) is 16.1 Å². The molecule has 0 bridgehead atoms. The van der Waals surface area contributed by atoms with E-state index < -0.39 is 11.9 Å². The van der Waals surface area contributed by atoms with Gasteiger partial charge in [0, 0.05) is 11.0 Å². The molecule has 1 amide bonds. The zero-order chi connectivity index (χ0) is 25.2. The van der Waals surface area contributed by atoms with E-state index in [0.29, 0.717) is 17.9 Å². The highest BCUT2D eigenvalue weighted by atomic mass is 79.9. The Morgan fingerprint density at radius 1 is 1.06 bits per heavy atom. The van der Waals surface area contributed by atoms with Gasteiger partial charge < -0.3 is 19.5 Å². The molecule has 0 heterocycles. The predicted octanol–water partition coefficient (Wildman–Crippen LogP) is 4.97. The number of halogens is 1. The third-order valence-electron chi connectivity index (χ3n) is 4.87. The van der Waals surface area contributed by atoms with Crippen LogP contribution in [0, 0.1) is 18.3 Å². The van der Waals surface area contributed by atoms with Crippen molar-refractivity contribution in [3.63, 3.8) is 0 Å². The molecule has 0 aliphatic carbocycles. The van der Waals surface area contributed by atoms with Crippen molar-refractivity contribution < 1.29 is 23.8 Å². The Bertz CT molecular complexity index is 1280. The molecule has 0 radical (unpaired) electrons. The molecule has 3 aromatic carbocycles. The molecule has 0 saturated carbocycles. The number of methoxy groups -OCH3 is 1. The summed E-state index contributed by atoms with van der Waals surface area (Å²) in [6, 6.07) is 21.4. The highest BCUT2D eigenvalue weighted by Gasteiger charge is 2.14. The number of ether oxygens (including phenoxy) is 3. The molecular formula is C27H23BrN2O5. The van der Waals surface area contributed by atoms with Gasteiger partial charge in [-0.15, -0.1) is 0 Å². The molecule has 0 aliphatic rings. The van der Waals surface area contributed by atoms with E-state index in [1.807, 2.05) is 55.5 Å². The normalized spacial score (nSPS) is 10.7. The van der Waals surface area contributed by atoms with Crippen molar-refractivity contribution >= 4 is 33.9 Å². The Morgan fingerprint density at radius 2 is 1.83 bits per heavy atom. The van der Waals surface area contributed by atoms with Crippen LogP contribution in [0.25, 0.3) is 6.08 Å². The number of nitrogens with zero attached hydrogens (tertiary/aromatic N) is 1. The lowest BCUT2D eigenvalue weighted by atomic mass is 10.1. The zero-order valence-electron chi connectivity index (χ0n) is 19.2. The summed E-state index contributed by atoms with van der Waals surface area (Å²) < 4.78 is 17.1. The summed E-state index contributed by atoms with van der Waals surface area (Å²) in [5.74, 6) is -0.0909. The van der Waals surface area contributed by atoms with Crippen LogP contribution in [0.3, 0.4) is 0 Å². The van der Waals surface area contributed by atoms with Crippen LogP contribution < -0.4 is 19.5 Å². The molecule has 7 nitrogen and oxygen atoms in total. The lowest BCUT2D eigenvalue weighted by Crippen LogP contribution is -2.23. The Kier molecular flexibility index (Phi) is 9.04. The number of nitriles is 1. The fourth-order valence-corrected chi connectivity index (χ4v) is 3.29. The molecule has 178 valence electrons. The highest BCUT2D eigenvalue weighted by molar-refractivity contribution is 9.10. The number of carbonyl (C=O) groups is 2. The van der Waals surface area contributed by atoms with E-state index in [1.54, 1.807) is 18.2 Å². The molecule has 8 heteroatoms. The van der Waals surface area contributed by atoms with Crippen LogP contribution >= 0.6 is 15.9 Å². The monoisotopic (exact) mass is 534 g/mol. The Morgan fingerprint density at radius 3 is 2.51 bits per heavy atom. The summed E-state index contributed by atoms with van der Waals surface area (Å²) in [4.78, 5) is 24.7. The second-order valence-corrected chi connectivity index (χ2v) is 8.28. The standard InChI is InChI=1S/C27H23BrN2O5/c1-18-12-22(9-10-23(18)28)34-17-26(31)35-24-11-8-20(14-25(24)33-2)13-21(15-29)27(32)30-16-19-6-4-3-5-7-19/h3-14H,16-17H2,1-2H3,(H,30,32)/b21-13+. The molecule has 0 fully saturated rings. The number of hydrogen-bond donors (Lipinski definition) is 1. The molecule has 0 spiro atoms. The topological polar surface area (TPSA) is 97.6 Å². The van der Waals surface area contributed by atoms with E-state index in [9.17, 15) is 14.9 Å². The largest absolute Gasteiger partial charge is 0.493 e. The van der Waals surface area contributed by atoms with Gasteiger partial charge in [0.25, 0.3) is 5.91 Å². The van der Waals surface area contributed by atoms with Gasteiger partial charge in [-0.25, -0.2) is 4.79 Å². The van der Waals surface area contributed by atoms with Crippen molar-refractivity contribution in [2.24, 2.45) is 0 Å². The maximum Gasteiger partial charge on any atom is 0.349 e. The van der Waals surface area contributed by atoms with Crippen molar-refractivity contribution in [2.75, 3.05) is 13.7 Å². The number of carbonyl (C=O) groups excluding carboxylic acids is 2. The van der Waals surface area contributed by atoms with Crippen molar-refractivity contribution in [3.8, 4) is 23.3 Å². The second kappa shape index (κ2) is 12.4. The lowest BCUT2D eigenvalue weighted by Gasteiger charge is -2.11. The summed E-state index contributed by atoms with van der Waals surface area (Å²) in [5, 5.41) is 12.2. The first-order valence-corrected chi connectivity index (χ1v) is 11.4. The maximum atomic E-state index is 12.4. The third-order valence-corrected chi connectivity index (χ3v) is 5.76. The van der Waals surface area contributed by atoms with Crippen molar-refractivity contribution in [2.45, 2.75) is 13.5 Å². The van der Waals surface area contributed by atoms with E-state index in [1.165, 1.54) is 19.3 Å². The Labute approximate surface area is 212 Å². The average molecular weight is 535 g/mol. The quantitative estimate of drug-likeness (QED) is 0.180. The molecule has 0 aliphatic heterocycles. The first kappa shape index (κ1) is 25.5. The van der Waals surface area contributed by atoms with Gasteiger partial charge in [0.15, 0.2) is 18.1 Å².